The molecule has 0 aliphatic carbocycles. The highest BCUT2D eigenvalue weighted by Crippen LogP contribution is 2.25. The first kappa shape index (κ1) is 19.1. The van der Waals surface area contributed by atoms with Gasteiger partial charge >= 0.3 is 0 Å². The molecule has 1 aromatic carbocycles. The van der Waals surface area contributed by atoms with Gasteiger partial charge in [0, 0.05) is 6.54 Å². The molecule has 1 aliphatic rings. The Morgan fingerprint density at radius 2 is 1.83 bits per heavy atom. The van der Waals surface area contributed by atoms with Crippen LogP contribution in [0.1, 0.15) is 13.8 Å². The number of hydrogen-bond donors (Lipinski definition) is 1. The first-order valence-corrected chi connectivity index (χ1v) is 10.7. The molecule has 0 bridgehead atoms. The number of hydrogen-bond acceptors (Lipinski definition) is 5. The topological polar surface area (TPSA) is 79.3 Å². The van der Waals surface area contributed by atoms with E-state index in [1.54, 1.807) is 10.9 Å². The number of rotatable bonds is 5. The van der Waals surface area contributed by atoms with Crippen molar-refractivity contribution < 1.29 is 9.64 Å². The molecule has 0 amide bonds. The molecule has 156 valence electrons. The molecular weight excluding hydrogens is 380 g/mol. The second-order valence-electron chi connectivity index (χ2n) is 8.44. The minimum atomic E-state index is -0.0373. The van der Waals surface area contributed by atoms with Crippen molar-refractivity contribution in [3.05, 3.63) is 40.9 Å². The largest absolute Gasteiger partial charge is 0.370 e. The Morgan fingerprint density at radius 3 is 2.57 bits per heavy atom. The number of aromatic nitrogens is 5. The lowest BCUT2D eigenvalue weighted by Crippen LogP contribution is -3.14. The minimum Gasteiger partial charge on any atom is -0.370 e. The van der Waals surface area contributed by atoms with E-state index in [4.69, 9.17) is 19.7 Å². The highest BCUT2D eigenvalue weighted by Gasteiger charge is 2.21. The zero-order chi connectivity index (χ0) is 20.7. The van der Waals surface area contributed by atoms with Crippen LogP contribution in [0.15, 0.2) is 35.4 Å². The molecule has 30 heavy (non-hydrogen) atoms. The number of nitrogens with one attached hydrogen (secondary N) is 1. The highest BCUT2D eigenvalue weighted by atomic mass is 16.5. The van der Waals surface area contributed by atoms with Crippen molar-refractivity contribution in [2.24, 2.45) is 5.92 Å². The predicted octanol–water partition coefficient (Wildman–Crippen LogP) is 0.866. The number of nitrogens with zero attached hydrogens (tertiary/aromatic N) is 5. The van der Waals surface area contributed by atoms with Crippen LogP contribution in [0.2, 0.25) is 0 Å². The van der Waals surface area contributed by atoms with E-state index in [0.29, 0.717) is 29.0 Å². The average molecular weight is 407 g/mol. The van der Waals surface area contributed by atoms with Gasteiger partial charge in [0.2, 0.25) is 0 Å². The highest BCUT2D eigenvalue weighted by molar-refractivity contribution is 6.04. The SMILES string of the molecule is CC(C)Cn1c2nc3ccccc3nc2c2c(=O)n(CC[NH+]3CCOCC3)cnc21. The van der Waals surface area contributed by atoms with Crippen molar-refractivity contribution in [3.63, 3.8) is 0 Å². The van der Waals surface area contributed by atoms with Gasteiger partial charge in [-0.1, -0.05) is 26.0 Å². The van der Waals surface area contributed by atoms with E-state index in [1.165, 1.54) is 4.90 Å². The first-order chi connectivity index (χ1) is 14.6. The Bertz CT molecular complexity index is 1270. The van der Waals surface area contributed by atoms with E-state index in [1.807, 2.05) is 28.8 Å². The number of quaternary nitrogens is 1. The van der Waals surface area contributed by atoms with E-state index < -0.39 is 0 Å². The predicted molar refractivity (Wildman–Crippen MR) is 116 cm³/mol. The summed E-state index contributed by atoms with van der Waals surface area (Å²) < 4.78 is 9.20. The summed E-state index contributed by atoms with van der Waals surface area (Å²) >= 11 is 0. The molecular formula is C22H27N6O2+. The summed E-state index contributed by atoms with van der Waals surface area (Å²) in [6.07, 6.45) is 1.68. The van der Waals surface area contributed by atoms with Crippen LogP contribution in [0.25, 0.3) is 33.2 Å². The van der Waals surface area contributed by atoms with Gasteiger partial charge < -0.3 is 14.2 Å². The van der Waals surface area contributed by atoms with Crippen LogP contribution >= 0.6 is 0 Å². The van der Waals surface area contributed by atoms with E-state index in [-0.39, 0.29) is 5.56 Å². The monoisotopic (exact) mass is 407 g/mol. The third kappa shape index (κ3) is 3.36. The van der Waals surface area contributed by atoms with Crippen LogP contribution < -0.4 is 10.5 Å². The van der Waals surface area contributed by atoms with Gasteiger partial charge in [0.25, 0.3) is 5.56 Å². The molecule has 0 atom stereocenters. The van der Waals surface area contributed by atoms with Crippen LogP contribution in [0, 0.1) is 5.92 Å². The Kier molecular flexibility index (Phi) is 4.96. The third-order valence-corrected chi connectivity index (χ3v) is 5.77. The van der Waals surface area contributed by atoms with Crippen LogP contribution in [0.3, 0.4) is 0 Å². The quantitative estimate of drug-likeness (QED) is 0.531. The summed E-state index contributed by atoms with van der Waals surface area (Å²) in [7, 11) is 0. The fraction of sp³-hybridized carbons (Fsp3) is 0.455. The summed E-state index contributed by atoms with van der Waals surface area (Å²) in [6, 6.07) is 7.79. The lowest BCUT2D eigenvalue weighted by molar-refractivity contribution is -0.908. The molecule has 0 unspecified atom stereocenters. The number of ether oxygens (including phenoxy) is 1. The maximum Gasteiger partial charge on any atom is 0.265 e. The van der Waals surface area contributed by atoms with E-state index in [0.717, 1.165) is 56.1 Å². The molecule has 1 N–H and O–H groups in total. The standard InChI is InChI=1S/C22H26N6O2/c1-15(2)13-28-20-18(19-21(28)25-17-6-4-3-5-16(17)24-19)22(29)27(14-23-20)8-7-26-9-11-30-12-10-26/h3-6,14-15H,7-13H2,1-2H3/p+1. The maximum atomic E-state index is 13.5. The van der Waals surface area contributed by atoms with Crippen LogP contribution in [-0.2, 0) is 17.8 Å². The van der Waals surface area contributed by atoms with Gasteiger partial charge in [-0.15, -0.1) is 0 Å². The zero-order valence-electron chi connectivity index (χ0n) is 17.5. The Hall–Kier alpha value is -2.84. The average Bonchev–Trinajstić information content (AvgIpc) is 3.05. The summed E-state index contributed by atoms with van der Waals surface area (Å²) in [5.41, 5.74) is 3.64. The Labute approximate surface area is 174 Å². The number of para-hydroxylation sites is 2. The maximum absolute atomic E-state index is 13.5. The molecule has 8 nitrogen and oxygen atoms in total. The second-order valence-corrected chi connectivity index (χ2v) is 8.44. The molecule has 0 radical (unpaired) electrons. The third-order valence-electron chi connectivity index (χ3n) is 5.77. The molecule has 1 aliphatic heterocycles. The molecule has 1 fully saturated rings. The van der Waals surface area contributed by atoms with Crippen molar-refractivity contribution in [2.75, 3.05) is 32.8 Å². The van der Waals surface area contributed by atoms with E-state index >= 15 is 0 Å². The zero-order valence-corrected chi connectivity index (χ0v) is 17.5. The fourth-order valence-corrected chi connectivity index (χ4v) is 4.23. The van der Waals surface area contributed by atoms with Gasteiger partial charge in [0.1, 0.15) is 30.3 Å². The molecule has 5 rings (SSSR count). The summed E-state index contributed by atoms with van der Waals surface area (Å²) in [6.45, 7) is 10.1. The van der Waals surface area contributed by atoms with Gasteiger partial charge in [-0.25, -0.2) is 15.0 Å². The smallest absolute Gasteiger partial charge is 0.265 e. The summed E-state index contributed by atoms with van der Waals surface area (Å²) in [5.74, 6) is 0.395. The lowest BCUT2D eigenvalue weighted by Gasteiger charge is -2.23. The van der Waals surface area contributed by atoms with Gasteiger partial charge in [-0.3, -0.25) is 9.36 Å². The van der Waals surface area contributed by atoms with Crippen LogP contribution in [-0.4, -0.2) is 56.9 Å². The Morgan fingerprint density at radius 1 is 1.10 bits per heavy atom. The Balaban J connectivity index is 1.65. The first-order valence-electron chi connectivity index (χ1n) is 10.7. The molecule has 0 spiro atoms. The second kappa shape index (κ2) is 7.77. The van der Waals surface area contributed by atoms with E-state index in [9.17, 15) is 4.79 Å². The molecule has 4 aromatic rings. The summed E-state index contributed by atoms with van der Waals surface area (Å²) in [4.78, 5) is 29.3. The van der Waals surface area contributed by atoms with Crippen LogP contribution in [0.4, 0.5) is 0 Å². The van der Waals surface area contributed by atoms with Crippen molar-refractivity contribution >= 4 is 33.2 Å². The van der Waals surface area contributed by atoms with Crippen LogP contribution in [0.5, 0.6) is 0 Å². The van der Waals surface area contributed by atoms with Gasteiger partial charge in [0.05, 0.1) is 37.3 Å². The number of fused-ring (bicyclic) bond motifs is 4. The van der Waals surface area contributed by atoms with Crippen molar-refractivity contribution in [2.45, 2.75) is 26.9 Å². The fourth-order valence-electron chi connectivity index (χ4n) is 4.23. The molecule has 3 aromatic heterocycles. The lowest BCUT2D eigenvalue weighted by atomic mass is 10.2. The van der Waals surface area contributed by atoms with Crippen molar-refractivity contribution in [1.29, 1.82) is 0 Å². The van der Waals surface area contributed by atoms with Gasteiger partial charge in [0.15, 0.2) is 11.3 Å². The van der Waals surface area contributed by atoms with E-state index in [2.05, 4.69) is 13.8 Å². The number of morpholine rings is 1. The molecule has 0 saturated carbocycles. The minimum absolute atomic E-state index is 0.0373. The summed E-state index contributed by atoms with van der Waals surface area (Å²) in [5, 5.41) is 0.573. The molecule has 8 heteroatoms. The normalized spacial score (nSPS) is 15.7. The van der Waals surface area contributed by atoms with Crippen molar-refractivity contribution in [1.82, 2.24) is 24.1 Å². The molecule has 4 heterocycles. The van der Waals surface area contributed by atoms with Crippen molar-refractivity contribution in [3.8, 4) is 0 Å². The van der Waals surface area contributed by atoms with Gasteiger partial charge in [-0.05, 0) is 18.1 Å². The van der Waals surface area contributed by atoms with Gasteiger partial charge in [-0.2, -0.15) is 0 Å². The molecule has 1 saturated heterocycles. The number of benzene rings is 1.